The Morgan fingerprint density at radius 2 is 1.75 bits per heavy atom. The molecule has 0 aliphatic heterocycles. The highest BCUT2D eigenvalue weighted by Crippen LogP contribution is 2.10. The van der Waals surface area contributed by atoms with Gasteiger partial charge >= 0.3 is 0 Å². The molecular weight excluding hydrogens is 250 g/mol. The summed E-state index contributed by atoms with van der Waals surface area (Å²) in [6.45, 7) is 3.66. The molecular formula is C17H21NO2. The van der Waals surface area contributed by atoms with E-state index in [9.17, 15) is 5.11 Å². The van der Waals surface area contributed by atoms with Crippen LogP contribution in [-0.4, -0.2) is 24.3 Å². The normalized spacial score (nSPS) is 12.1. The fourth-order valence-electron chi connectivity index (χ4n) is 1.92. The van der Waals surface area contributed by atoms with Crippen molar-refractivity contribution in [1.29, 1.82) is 0 Å². The smallest absolute Gasteiger partial charge is 0.119 e. The number of hydrogen-bond donors (Lipinski definition) is 2. The molecule has 0 saturated heterocycles. The van der Waals surface area contributed by atoms with E-state index in [0.29, 0.717) is 18.4 Å². The zero-order valence-corrected chi connectivity index (χ0v) is 11.8. The van der Waals surface area contributed by atoms with Gasteiger partial charge in [-0.2, -0.15) is 0 Å². The Bertz CT molecular complexity index is 496. The lowest BCUT2D eigenvalue weighted by Gasteiger charge is -2.15. The van der Waals surface area contributed by atoms with E-state index in [1.54, 1.807) is 12.1 Å². The van der Waals surface area contributed by atoms with Crippen molar-refractivity contribution in [2.45, 2.75) is 19.4 Å². The van der Waals surface area contributed by atoms with E-state index in [2.05, 4.69) is 12.2 Å². The van der Waals surface area contributed by atoms with E-state index >= 15 is 0 Å². The number of aromatic hydroxyl groups is 1. The molecule has 2 aromatic rings. The zero-order valence-electron chi connectivity index (χ0n) is 11.8. The standard InChI is InChI=1S/C17H21NO2/c1-14(13-20-17-5-3-2-4-6-17)18-12-11-15-7-9-16(19)10-8-15/h2-10,14,18-19H,11-13H2,1H3. The van der Waals surface area contributed by atoms with Crippen molar-refractivity contribution >= 4 is 0 Å². The first-order valence-corrected chi connectivity index (χ1v) is 6.93. The second kappa shape index (κ2) is 7.56. The van der Waals surface area contributed by atoms with Gasteiger partial charge in [-0.3, -0.25) is 0 Å². The number of para-hydroxylation sites is 1. The lowest BCUT2D eigenvalue weighted by atomic mass is 10.1. The van der Waals surface area contributed by atoms with E-state index in [-0.39, 0.29) is 0 Å². The summed E-state index contributed by atoms with van der Waals surface area (Å²) >= 11 is 0. The van der Waals surface area contributed by atoms with E-state index in [1.807, 2.05) is 42.5 Å². The topological polar surface area (TPSA) is 41.5 Å². The summed E-state index contributed by atoms with van der Waals surface area (Å²) in [5.74, 6) is 1.21. The molecule has 2 aromatic carbocycles. The summed E-state index contributed by atoms with van der Waals surface area (Å²) in [6, 6.07) is 17.5. The largest absolute Gasteiger partial charge is 0.508 e. The molecule has 0 aliphatic carbocycles. The number of benzene rings is 2. The summed E-state index contributed by atoms with van der Waals surface area (Å²) in [5, 5.41) is 12.6. The Balaban J connectivity index is 1.65. The molecule has 0 heterocycles. The third kappa shape index (κ3) is 4.94. The van der Waals surface area contributed by atoms with Crippen LogP contribution in [0.15, 0.2) is 54.6 Å². The molecule has 106 valence electrons. The minimum absolute atomic E-state index is 0.298. The minimum Gasteiger partial charge on any atom is -0.508 e. The van der Waals surface area contributed by atoms with Crippen LogP contribution in [-0.2, 0) is 6.42 Å². The van der Waals surface area contributed by atoms with Gasteiger partial charge in [-0.15, -0.1) is 0 Å². The molecule has 2 rings (SSSR count). The highest BCUT2D eigenvalue weighted by Gasteiger charge is 2.02. The van der Waals surface area contributed by atoms with Crippen molar-refractivity contribution in [3.8, 4) is 11.5 Å². The van der Waals surface area contributed by atoms with Crippen LogP contribution in [0, 0.1) is 0 Å². The van der Waals surface area contributed by atoms with Crippen LogP contribution >= 0.6 is 0 Å². The highest BCUT2D eigenvalue weighted by atomic mass is 16.5. The maximum absolute atomic E-state index is 9.22. The molecule has 20 heavy (non-hydrogen) atoms. The lowest BCUT2D eigenvalue weighted by molar-refractivity contribution is 0.274. The number of rotatable bonds is 7. The third-order valence-corrected chi connectivity index (χ3v) is 3.09. The second-order valence-corrected chi connectivity index (χ2v) is 4.90. The van der Waals surface area contributed by atoms with Crippen molar-refractivity contribution in [3.63, 3.8) is 0 Å². The Morgan fingerprint density at radius 3 is 2.45 bits per heavy atom. The molecule has 0 saturated carbocycles. The predicted octanol–water partition coefficient (Wildman–Crippen LogP) is 2.99. The quantitative estimate of drug-likeness (QED) is 0.813. The van der Waals surface area contributed by atoms with E-state index < -0.39 is 0 Å². The monoisotopic (exact) mass is 271 g/mol. The van der Waals surface area contributed by atoms with Crippen molar-refractivity contribution < 1.29 is 9.84 Å². The molecule has 3 heteroatoms. The number of nitrogens with one attached hydrogen (secondary N) is 1. The van der Waals surface area contributed by atoms with Gasteiger partial charge in [0.1, 0.15) is 18.1 Å². The van der Waals surface area contributed by atoms with E-state index in [4.69, 9.17) is 4.74 Å². The molecule has 0 spiro atoms. The van der Waals surface area contributed by atoms with Gasteiger partial charge in [0.15, 0.2) is 0 Å². The Hall–Kier alpha value is -2.00. The first-order chi connectivity index (χ1) is 9.74. The third-order valence-electron chi connectivity index (χ3n) is 3.09. The average molecular weight is 271 g/mol. The summed E-state index contributed by atoms with van der Waals surface area (Å²) in [5.41, 5.74) is 1.21. The van der Waals surface area contributed by atoms with Gasteiger partial charge in [-0.05, 0) is 49.7 Å². The van der Waals surface area contributed by atoms with Crippen molar-refractivity contribution in [2.75, 3.05) is 13.2 Å². The molecule has 0 radical (unpaired) electrons. The molecule has 0 amide bonds. The molecule has 2 N–H and O–H groups in total. The number of hydrogen-bond acceptors (Lipinski definition) is 3. The van der Waals surface area contributed by atoms with Gasteiger partial charge in [0.2, 0.25) is 0 Å². The van der Waals surface area contributed by atoms with Crippen molar-refractivity contribution in [3.05, 3.63) is 60.2 Å². The Labute approximate surface area is 120 Å². The summed E-state index contributed by atoms with van der Waals surface area (Å²) in [4.78, 5) is 0. The summed E-state index contributed by atoms with van der Waals surface area (Å²) in [6.07, 6.45) is 0.940. The van der Waals surface area contributed by atoms with Gasteiger partial charge < -0.3 is 15.2 Å². The lowest BCUT2D eigenvalue weighted by Crippen LogP contribution is -2.33. The van der Waals surface area contributed by atoms with Gasteiger partial charge in [0.25, 0.3) is 0 Å². The highest BCUT2D eigenvalue weighted by molar-refractivity contribution is 5.26. The fraction of sp³-hybridized carbons (Fsp3) is 0.294. The average Bonchev–Trinajstić information content (AvgIpc) is 2.48. The maximum atomic E-state index is 9.22. The van der Waals surface area contributed by atoms with Gasteiger partial charge in [0, 0.05) is 6.04 Å². The van der Waals surface area contributed by atoms with Crippen LogP contribution in [0.3, 0.4) is 0 Å². The molecule has 0 bridgehead atoms. The summed E-state index contributed by atoms with van der Waals surface area (Å²) < 4.78 is 5.69. The van der Waals surface area contributed by atoms with Crippen LogP contribution in [0.1, 0.15) is 12.5 Å². The van der Waals surface area contributed by atoms with Crippen LogP contribution in [0.2, 0.25) is 0 Å². The molecule has 1 unspecified atom stereocenters. The van der Waals surface area contributed by atoms with Crippen LogP contribution in [0.25, 0.3) is 0 Å². The van der Waals surface area contributed by atoms with E-state index in [1.165, 1.54) is 5.56 Å². The van der Waals surface area contributed by atoms with Crippen molar-refractivity contribution in [2.24, 2.45) is 0 Å². The number of ether oxygens (including phenoxy) is 1. The molecule has 1 atom stereocenters. The van der Waals surface area contributed by atoms with Gasteiger partial charge in [-0.25, -0.2) is 0 Å². The Morgan fingerprint density at radius 1 is 1.05 bits per heavy atom. The molecule has 0 aromatic heterocycles. The molecule has 3 nitrogen and oxygen atoms in total. The number of phenolic OH excluding ortho intramolecular Hbond substituents is 1. The Kier molecular flexibility index (Phi) is 5.44. The predicted molar refractivity (Wildman–Crippen MR) is 81.2 cm³/mol. The number of phenols is 1. The van der Waals surface area contributed by atoms with Crippen LogP contribution in [0.5, 0.6) is 11.5 Å². The molecule has 0 aliphatic rings. The minimum atomic E-state index is 0.298. The van der Waals surface area contributed by atoms with Crippen molar-refractivity contribution in [1.82, 2.24) is 5.32 Å². The van der Waals surface area contributed by atoms with E-state index in [0.717, 1.165) is 18.7 Å². The second-order valence-electron chi connectivity index (χ2n) is 4.90. The molecule has 0 fully saturated rings. The SMILES string of the molecule is CC(COc1ccccc1)NCCc1ccc(O)cc1. The first-order valence-electron chi connectivity index (χ1n) is 6.93. The van der Waals surface area contributed by atoms with Crippen LogP contribution in [0.4, 0.5) is 0 Å². The van der Waals surface area contributed by atoms with Gasteiger partial charge in [-0.1, -0.05) is 30.3 Å². The van der Waals surface area contributed by atoms with Crippen LogP contribution < -0.4 is 10.1 Å². The van der Waals surface area contributed by atoms with Gasteiger partial charge in [0.05, 0.1) is 0 Å². The summed E-state index contributed by atoms with van der Waals surface area (Å²) in [7, 11) is 0. The fourth-order valence-corrected chi connectivity index (χ4v) is 1.92. The first kappa shape index (κ1) is 14.4. The zero-order chi connectivity index (χ0) is 14.2. The maximum Gasteiger partial charge on any atom is 0.119 e.